The van der Waals surface area contributed by atoms with Gasteiger partial charge in [0.05, 0.1) is 0 Å². The Labute approximate surface area is 58.5 Å². The average molecular weight is 143 g/mol. The van der Waals surface area contributed by atoms with Gasteiger partial charge in [-0.1, -0.05) is 5.16 Å². The van der Waals surface area contributed by atoms with E-state index in [4.69, 9.17) is 9.94 Å². The molecule has 1 aliphatic carbocycles. The predicted molar refractivity (Wildman–Crippen MR) is 34.9 cm³/mol. The van der Waals surface area contributed by atoms with Gasteiger partial charge in [0.2, 0.25) is 0 Å². The van der Waals surface area contributed by atoms with Crippen LogP contribution in [0, 0.1) is 0 Å². The number of hydrogen-bond donors (Lipinski definition) is 1. The monoisotopic (exact) mass is 143 g/mol. The molecule has 1 saturated carbocycles. The highest BCUT2D eigenvalue weighted by atomic mass is 16.6. The fraction of sp³-hybridized carbons (Fsp3) is 0.667. The van der Waals surface area contributed by atoms with E-state index in [9.17, 15) is 4.79 Å². The van der Waals surface area contributed by atoms with Crippen LogP contribution in [0.3, 0.4) is 0 Å². The van der Waals surface area contributed by atoms with Gasteiger partial charge >= 0.3 is 5.97 Å². The summed E-state index contributed by atoms with van der Waals surface area (Å²) in [6.45, 7) is 1.41. The molecule has 0 heterocycles. The van der Waals surface area contributed by atoms with Crippen LogP contribution >= 0.6 is 0 Å². The summed E-state index contributed by atoms with van der Waals surface area (Å²) in [5.41, 5.74) is 0.00639. The van der Waals surface area contributed by atoms with Crippen molar-refractivity contribution in [2.45, 2.75) is 25.9 Å². The number of carboxylic acids is 1. The molecule has 0 radical (unpaired) electrons. The van der Waals surface area contributed by atoms with Crippen molar-refractivity contribution in [2.24, 2.45) is 5.16 Å². The Balaban J connectivity index is 2.29. The van der Waals surface area contributed by atoms with E-state index in [0.717, 1.165) is 12.8 Å². The molecule has 56 valence electrons. The van der Waals surface area contributed by atoms with Gasteiger partial charge in [0.25, 0.3) is 0 Å². The van der Waals surface area contributed by atoms with Crippen molar-refractivity contribution in [3.63, 3.8) is 0 Å². The quantitative estimate of drug-likeness (QED) is 0.465. The molecule has 0 aromatic rings. The van der Waals surface area contributed by atoms with E-state index in [1.807, 2.05) is 0 Å². The van der Waals surface area contributed by atoms with Gasteiger partial charge in [-0.3, -0.25) is 0 Å². The van der Waals surface area contributed by atoms with E-state index in [1.54, 1.807) is 0 Å². The Hall–Kier alpha value is -1.06. The molecule has 0 bridgehead atoms. The Morgan fingerprint density at radius 3 is 2.70 bits per heavy atom. The van der Waals surface area contributed by atoms with Crippen LogP contribution in [0.5, 0.6) is 0 Å². The molecule has 4 nitrogen and oxygen atoms in total. The minimum absolute atomic E-state index is 0.00639. The molecule has 0 unspecified atom stereocenters. The Bertz CT molecular complexity index is 172. The number of carbonyl (C=O) groups is 1. The third-order valence-electron chi connectivity index (χ3n) is 1.17. The normalized spacial score (nSPS) is 18.7. The molecule has 0 saturated heterocycles. The highest BCUT2D eigenvalue weighted by molar-refractivity contribution is 6.34. The molecule has 0 amide bonds. The molecule has 0 aliphatic heterocycles. The summed E-state index contributed by atoms with van der Waals surface area (Å²) in [5.74, 6) is -1.03. The molecule has 0 spiro atoms. The van der Waals surface area contributed by atoms with Crippen LogP contribution in [0.15, 0.2) is 5.16 Å². The lowest BCUT2D eigenvalue weighted by Crippen LogP contribution is -2.08. The number of rotatable bonds is 3. The summed E-state index contributed by atoms with van der Waals surface area (Å²) >= 11 is 0. The number of hydrogen-bond acceptors (Lipinski definition) is 3. The van der Waals surface area contributed by atoms with Gasteiger partial charge in [-0.05, 0) is 19.8 Å². The fourth-order valence-electron chi connectivity index (χ4n) is 0.366. The highest BCUT2D eigenvalue weighted by Crippen LogP contribution is 2.23. The summed E-state index contributed by atoms with van der Waals surface area (Å²) in [7, 11) is 0. The van der Waals surface area contributed by atoms with Crippen LogP contribution in [0.4, 0.5) is 0 Å². The minimum Gasteiger partial charge on any atom is -0.477 e. The second-order valence-corrected chi connectivity index (χ2v) is 2.29. The van der Waals surface area contributed by atoms with Gasteiger partial charge in [-0.25, -0.2) is 4.79 Å². The van der Waals surface area contributed by atoms with E-state index in [1.165, 1.54) is 6.92 Å². The Morgan fingerprint density at radius 2 is 2.30 bits per heavy atom. The molecule has 0 aromatic carbocycles. The lowest BCUT2D eigenvalue weighted by atomic mass is 10.4. The second kappa shape index (κ2) is 2.68. The van der Waals surface area contributed by atoms with E-state index in [2.05, 4.69) is 5.16 Å². The van der Waals surface area contributed by atoms with Crippen molar-refractivity contribution in [1.82, 2.24) is 0 Å². The molecule has 1 fully saturated rings. The van der Waals surface area contributed by atoms with Crippen LogP contribution in [-0.2, 0) is 9.63 Å². The average Bonchev–Trinajstić information content (AvgIpc) is 2.64. The molecule has 4 heteroatoms. The Kier molecular flexibility index (Phi) is 1.89. The van der Waals surface area contributed by atoms with Crippen molar-refractivity contribution in [3.8, 4) is 0 Å². The molecular formula is C6H9NO3. The first-order chi connectivity index (χ1) is 4.70. The van der Waals surface area contributed by atoms with E-state index in [0.29, 0.717) is 0 Å². The first kappa shape index (κ1) is 7.05. The van der Waals surface area contributed by atoms with Crippen molar-refractivity contribution in [1.29, 1.82) is 0 Å². The summed E-state index contributed by atoms with van der Waals surface area (Å²) in [6, 6.07) is 0. The first-order valence-corrected chi connectivity index (χ1v) is 3.14. The first-order valence-electron chi connectivity index (χ1n) is 3.14. The SMILES string of the molecule is C/C(=N\OC1CC1)C(=O)O. The maximum atomic E-state index is 10.1. The molecule has 1 rings (SSSR count). The highest BCUT2D eigenvalue weighted by Gasteiger charge is 2.23. The van der Waals surface area contributed by atoms with Gasteiger partial charge in [-0.2, -0.15) is 0 Å². The maximum Gasteiger partial charge on any atom is 0.353 e. The van der Waals surface area contributed by atoms with Gasteiger partial charge in [-0.15, -0.1) is 0 Å². The largest absolute Gasteiger partial charge is 0.477 e. The number of oxime groups is 1. The number of nitrogens with zero attached hydrogens (tertiary/aromatic N) is 1. The summed E-state index contributed by atoms with van der Waals surface area (Å²) in [5, 5.41) is 11.7. The van der Waals surface area contributed by atoms with Crippen molar-refractivity contribution in [2.75, 3.05) is 0 Å². The smallest absolute Gasteiger partial charge is 0.353 e. The minimum atomic E-state index is -1.03. The molecule has 1 N–H and O–H groups in total. The molecule has 0 atom stereocenters. The Morgan fingerprint density at radius 1 is 1.70 bits per heavy atom. The predicted octanol–water partition coefficient (Wildman–Crippen LogP) is 0.626. The van der Waals surface area contributed by atoms with Crippen molar-refractivity contribution in [3.05, 3.63) is 0 Å². The maximum absolute atomic E-state index is 10.1. The zero-order valence-corrected chi connectivity index (χ0v) is 5.70. The summed E-state index contributed by atoms with van der Waals surface area (Å²) < 4.78 is 0. The van der Waals surface area contributed by atoms with Gasteiger partial charge < -0.3 is 9.94 Å². The van der Waals surface area contributed by atoms with Crippen LogP contribution < -0.4 is 0 Å². The topological polar surface area (TPSA) is 58.9 Å². The number of carboxylic acid groups (broad SMARTS) is 1. The van der Waals surface area contributed by atoms with Crippen molar-refractivity contribution < 1.29 is 14.7 Å². The lowest BCUT2D eigenvalue weighted by Gasteiger charge is -1.93. The molecular weight excluding hydrogens is 134 g/mol. The molecule has 10 heavy (non-hydrogen) atoms. The van der Waals surface area contributed by atoms with Crippen LogP contribution in [0.1, 0.15) is 19.8 Å². The number of aliphatic carboxylic acids is 1. The van der Waals surface area contributed by atoms with Gasteiger partial charge in [0.15, 0.2) is 5.71 Å². The van der Waals surface area contributed by atoms with Crippen LogP contribution in [0.25, 0.3) is 0 Å². The third kappa shape index (κ3) is 2.05. The van der Waals surface area contributed by atoms with Crippen molar-refractivity contribution >= 4 is 11.7 Å². The third-order valence-corrected chi connectivity index (χ3v) is 1.17. The molecule has 1 aliphatic rings. The fourth-order valence-corrected chi connectivity index (χ4v) is 0.366. The standard InChI is InChI=1S/C6H9NO3/c1-4(6(8)9)7-10-5-2-3-5/h5H,2-3H2,1H3,(H,8,9)/b7-4+. The molecule has 0 aromatic heterocycles. The zero-order valence-electron chi connectivity index (χ0n) is 5.70. The van der Waals surface area contributed by atoms with E-state index >= 15 is 0 Å². The second-order valence-electron chi connectivity index (χ2n) is 2.29. The van der Waals surface area contributed by atoms with Gasteiger partial charge in [0, 0.05) is 0 Å². The van der Waals surface area contributed by atoms with Gasteiger partial charge in [0.1, 0.15) is 6.10 Å². The lowest BCUT2D eigenvalue weighted by molar-refractivity contribution is -0.129. The van der Waals surface area contributed by atoms with Crippen LogP contribution in [0.2, 0.25) is 0 Å². The van der Waals surface area contributed by atoms with Crippen LogP contribution in [-0.4, -0.2) is 22.9 Å². The summed E-state index contributed by atoms with van der Waals surface area (Å²) in [4.78, 5) is 14.9. The van der Waals surface area contributed by atoms with E-state index < -0.39 is 5.97 Å². The summed E-state index contributed by atoms with van der Waals surface area (Å²) in [6.07, 6.45) is 2.17. The zero-order chi connectivity index (χ0) is 7.56. The van der Waals surface area contributed by atoms with E-state index in [-0.39, 0.29) is 11.8 Å².